The summed E-state index contributed by atoms with van der Waals surface area (Å²) in [7, 11) is 0. The molecule has 7 heteroatoms. The van der Waals surface area contributed by atoms with E-state index in [2.05, 4.69) is 5.32 Å². The molecule has 2 rings (SSSR count). The Morgan fingerprint density at radius 2 is 1.93 bits per heavy atom. The van der Waals surface area contributed by atoms with Gasteiger partial charge in [0.2, 0.25) is 5.91 Å². The molecule has 0 aliphatic carbocycles. The molecule has 2 amide bonds. The van der Waals surface area contributed by atoms with Gasteiger partial charge in [-0.05, 0) is 57.9 Å². The van der Waals surface area contributed by atoms with Crippen molar-refractivity contribution in [1.29, 1.82) is 0 Å². The van der Waals surface area contributed by atoms with Crippen LogP contribution in [0.15, 0.2) is 18.2 Å². The highest BCUT2D eigenvalue weighted by molar-refractivity contribution is 6.30. The summed E-state index contributed by atoms with van der Waals surface area (Å²) in [4.78, 5) is 27.6. The predicted octanol–water partition coefficient (Wildman–Crippen LogP) is 1.45. The Kier molecular flexibility index (Phi) is 8.13. The van der Waals surface area contributed by atoms with Crippen LogP contribution in [0.3, 0.4) is 0 Å². The number of hydrogen-bond acceptors (Lipinski definition) is 3. The molecule has 0 aromatic heterocycles. The average molecular weight is 411 g/mol. The van der Waals surface area contributed by atoms with E-state index < -0.39 is 0 Å². The number of quaternary nitrogens is 1. The molecule has 1 aromatic rings. The second kappa shape index (κ2) is 10.1. The Bertz CT molecular complexity index is 680. The number of amides is 2. The third-order valence-electron chi connectivity index (χ3n) is 4.68. The number of nitrogens with zero attached hydrogens (tertiary/aromatic N) is 1. The molecule has 1 aliphatic heterocycles. The molecule has 1 heterocycles. The van der Waals surface area contributed by atoms with Crippen molar-refractivity contribution in [1.82, 2.24) is 10.2 Å². The Morgan fingerprint density at radius 1 is 1.25 bits per heavy atom. The Hall–Kier alpha value is -1.79. The van der Waals surface area contributed by atoms with Gasteiger partial charge in [0.05, 0.1) is 32.8 Å². The first-order chi connectivity index (χ1) is 13.1. The number of halogens is 1. The van der Waals surface area contributed by atoms with Gasteiger partial charge in [0.1, 0.15) is 5.75 Å². The van der Waals surface area contributed by atoms with E-state index in [9.17, 15) is 9.59 Å². The number of piperazine rings is 1. The van der Waals surface area contributed by atoms with E-state index in [1.54, 1.807) is 6.07 Å². The summed E-state index contributed by atoms with van der Waals surface area (Å²) in [6.07, 6.45) is 1.16. The van der Waals surface area contributed by atoms with Crippen molar-refractivity contribution >= 4 is 23.4 Å². The summed E-state index contributed by atoms with van der Waals surface area (Å²) in [6.45, 7) is 11.9. The molecule has 1 aromatic carbocycles. The quantitative estimate of drug-likeness (QED) is 0.669. The highest BCUT2D eigenvalue weighted by Crippen LogP contribution is 2.21. The van der Waals surface area contributed by atoms with Gasteiger partial charge in [0.25, 0.3) is 5.91 Å². The van der Waals surface area contributed by atoms with Gasteiger partial charge in [0, 0.05) is 17.0 Å². The largest absolute Gasteiger partial charge is 0.493 e. The minimum atomic E-state index is -0.207. The molecular weight excluding hydrogens is 378 g/mol. The lowest BCUT2D eigenvalue weighted by atomic mass is 10.1. The van der Waals surface area contributed by atoms with E-state index in [0.717, 1.165) is 24.4 Å². The zero-order valence-corrected chi connectivity index (χ0v) is 18.2. The van der Waals surface area contributed by atoms with E-state index in [4.69, 9.17) is 16.3 Å². The lowest BCUT2D eigenvalue weighted by molar-refractivity contribution is -0.896. The van der Waals surface area contributed by atoms with Crippen molar-refractivity contribution < 1.29 is 19.2 Å². The highest BCUT2D eigenvalue weighted by Gasteiger charge is 2.26. The van der Waals surface area contributed by atoms with Gasteiger partial charge in [-0.15, -0.1) is 0 Å². The Balaban J connectivity index is 1.64. The summed E-state index contributed by atoms with van der Waals surface area (Å²) < 4.78 is 5.75. The maximum Gasteiger partial charge on any atom is 0.275 e. The number of aryl methyl sites for hydroxylation is 1. The van der Waals surface area contributed by atoms with Gasteiger partial charge in [-0.2, -0.15) is 0 Å². The molecule has 2 N–H and O–H groups in total. The van der Waals surface area contributed by atoms with E-state index >= 15 is 0 Å². The number of rotatable bonds is 7. The number of nitrogens with one attached hydrogen (secondary N) is 2. The fourth-order valence-electron chi connectivity index (χ4n) is 3.28. The summed E-state index contributed by atoms with van der Waals surface area (Å²) >= 11 is 5.94. The third kappa shape index (κ3) is 7.68. The van der Waals surface area contributed by atoms with Crippen LogP contribution in [0.5, 0.6) is 5.75 Å². The molecule has 0 unspecified atom stereocenters. The zero-order chi connectivity index (χ0) is 20.7. The maximum atomic E-state index is 12.4. The minimum absolute atomic E-state index is 0.0666. The second-order valence-electron chi connectivity index (χ2n) is 8.47. The zero-order valence-electron chi connectivity index (χ0n) is 17.4. The first-order valence-electron chi connectivity index (χ1n) is 9.95. The molecule has 0 atom stereocenters. The fourth-order valence-corrected chi connectivity index (χ4v) is 3.50. The van der Waals surface area contributed by atoms with Crippen LogP contribution in [0.25, 0.3) is 0 Å². The van der Waals surface area contributed by atoms with E-state index in [1.807, 2.05) is 44.7 Å². The summed E-state index contributed by atoms with van der Waals surface area (Å²) in [5.74, 6) is 1.04. The fraction of sp³-hybridized carbons (Fsp3) is 0.619. The Labute approximate surface area is 173 Å². The number of benzene rings is 1. The molecule has 6 nitrogen and oxygen atoms in total. The first kappa shape index (κ1) is 22.5. The Morgan fingerprint density at radius 3 is 2.54 bits per heavy atom. The summed E-state index contributed by atoms with van der Waals surface area (Å²) in [6, 6.07) is 5.53. The molecular formula is C21H33ClN3O3+. The van der Waals surface area contributed by atoms with Crippen molar-refractivity contribution in [2.24, 2.45) is 0 Å². The van der Waals surface area contributed by atoms with Gasteiger partial charge >= 0.3 is 0 Å². The molecule has 156 valence electrons. The standard InChI is InChI=1S/C21H32ClN3O3/c1-16-14-17(22)7-8-18(16)28-13-5-6-20(27)25-11-9-24(10-12-25)15-19(26)23-21(2,3)4/h7-8,14H,5-6,9-13,15H2,1-4H3,(H,23,26)/p+1. The topological polar surface area (TPSA) is 63.1 Å². The summed E-state index contributed by atoms with van der Waals surface area (Å²) in [5, 5.41) is 3.69. The molecule has 0 radical (unpaired) electrons. The van der Waals surface area contributed by atoms with Crippen molar-refractivity contribution in [2.45, 2.75) is 46.1 Å². The van der Waals surface area contributed by atoms with Crippen molar-refractivity contribution in [2.75, 3.05) is 39.3 Å². The maximum absolute atomic E-state index is 12.4. The number of carbonyl (C=O) groups excluding carboxylic acids is 2. The van der Waals surface area contributed by atoms with Gasteiger partial charge in [0.15, 0.2) is 6.54 Å². The third-order valence-corrected chi connectivity index (χ3v) is 4.91. The van der Waals surface area contributed by atoms with Crippen LogP contribution in [-0.4, -0.2) is 61.6 Å². The van der Waals surface area contributed by atoms with Crippen LogP contribution in [0, 0.1) is 6.92 Å². The molecule has 0 saturated carbocycles. The van der Waals surface area contributed by atoms with Crippen LogP contribution >= 0.6 is 11.6 Å². The van der Waals surface area contributed by atoms with Crippen LogP contribution in [0.1, 0.15) is 39.2 Å². The number of carbonyl (C=O) groups is 2. The monoisotopic (exact) mass is 410 g/mol. The predicted molar refractivity (Wildman–Crippen MR) is 111 cm³/mol. The van der Waals surface area contributed by atoms with E-state index in [0.29, 0.717) is 44.1 Å². The first-order valence-corrected chi connectivity index (χ1v) is 10.3. The van der Waals surface area contributed by atoms with E-state index in [-0.39, 0.29) is 17.4 Å². The molecule has 1 aliphatic rings. The van der Waals surface area contributed by atoms with Crippen LogP contribution in [0.4, 0.5) is 0 Å². The van der Waals surface area contributed by atoms with Crippen LogP contribution < -0.4 is 15.0 Å². The number of ether oxygens (including phenoxy) is 1. The van der Waals surface area contributed by atoms with E-state index in [1.165, 1.54) is 4.90 Å². The van der Waals surface area contributed by atoms with Crippen molar-refractivity contribution in [3.63, 3.8) is 0 Å². The van der Waals surface area contributed by atoms with Crippen molar-refractivity contribution in [3.8, 4) is 5.75 Å². The van der Waals surface area contributed by atoms with Gasteiger partial charge in [-0.25, -0.2) is 0 Å². The van der Waals surface area contributed by atoms with Gasteiger partial charge in [-0.1, -0.05) is 11.6 Å². The smallest absolute Gasteiger partial charge is 0.275 e. The highest BCUT2D eigenvalue weighted by atomic mass is 35.5. The SMILES string of the molecule is Cc1cc(Cl)ccc1OCCCC(=O)N1CC[NH+](CC(=O)NC(C)(C)C)CC1. The average Bonchev–Trinajstić information content (AvgIpc) is 2.59. The summed E-state index contributed by atoms with van der Waals surface area (Å²) in [5.41, 5.74) is 0.787. The molecule has 1 saturated heterocycles. The van der Waals surface area contributed by atoms with Crippen molar-refractivity contribution in [3.05, 3.63) is 28.8 Å². The normalized spacial score (nSPS) is 15.4. The minimum Gasteiger partial charge on any atom is -0.493 e. The van der Waals surface area contributed by atoms with Crippen LogP contribution in [-0.2, 0) is 9.59 Å². The lowest BCUT2D eigenvalue weighted by Gasteiger charge is -2.32. The second-order valence-corrected chi connectivity index (χ2v) is 8.90. The molecule has 28 heavy (non-hydrogen) atoms. The molecule has 0 bridgehead atoms. The van der Waals surface area contributed by atoms with Gasteiger partial charge < -0.3 is 19.9 Å². The number of hydrogen-bond donors (Lipinski definition) is 2. The van der Waals surface area contributed by atoms with Crippen LogP contribution in [0.2, 0.25) is 5.02 Å². The lowest BCUT2D eigenvalue weighted by Crippen LogP contribution is -3.16. The molecule has 1 fully saturated rings. The van der Waals surface area contributed by atoms with Gasteiger partial charge in [-0.3, -0.25) is 9.59 Å². The molecule has 0 spiro atoms.